The number of imide groups is 1. The van der Waals surface area contributed by atoms with Crippen LogP contribution in [0.4, 0.5) is 4.79 Å². The number of benzene rings is 2. The van der Waals surface area contributed by atoms with Crippen LogP contribution in [0.1, 0.15) is 29.2 Å². The monoisotopic (exact) mass is 352 g/mol. The summed E-state index contributed by atoms with van der Waals surface area (Å²) in [6.07, 6.45) is 0. The average molecular weight is 352 g/mol. The second-order valence-corrected chi connectivity index (χ2v) is 7.38. The summed E-state index contributed by atoms with van der Waals surface area (Å²) in [5.41, 5.74) is 3.49. The zero-order valence-corrected chi connectivity index (χ0v) is 15.8. The molecular formula is C21H26N3O2+. The highest BCUT2D eigenvalue weighted by Crippen LogP contribution is 2.27. The molecule has 136 valence electrons. The van der Waals surface area contributed by atoms with Crippen LogP contribution in [0.5, 0.6) is 0 Å². The fourth-order valence-corrected chi connectivity index (χ4v) is 3.50. The van der Waals surface area contributed by atoms with E-state index in [1.165, 1.54) is 21.6 Å². The Morgan fingerprint density at radius 2 is 1.77 bits per heavy atom. The van der Waals surface area contributed by atoms with Crippen LogP contribution >= 0.6 is 0 Å². The first-order chi connectivity index (χ1) is 12.3. The standard InChI is InChI=1S/C21H25N3O2/c1-15-10-11-17(16(2)12-15)13-23(4)14-24-19(25)21(3,22-20(24)26)18-8-6-5-7-9-18/h5-12H,13-14H2,1-4H3,(H,22,26)/p+1/t21-/m1/s1. The van der Waals surface area contributed by atoms with E-state index in [4.69, 9.17) is 0 Å². The zero-order valence-electron chi connectivity index (χ0n) is 15.8. The summed E-state index contributed by atoms with van der Waals surface area (Å²) in [6.45, 7) is 7.02. The highest BCUT2D eigenvalue weighted by molar-refractivity contribution is 6.07. The minimum atomic E-state index is -1.00. The molecule has 1 fully saturated rings. The summed E-state index contributed by atoms with van der Waals surface area (Å²) in [5, 5.41) is 2.86. The molecule has 1 heterocycles. The van der Waals surface area contributed by atoms with Crippen LogP contribution in [0.15, 0.2) is 48.5 Å². The topological polar surface area (TPSA) is 53.9 Å². The van der Waals surface area contributed by atoms with Crippen molar-refractivity contribution in [2.24, 2.45) is 0 Å². The number of nitrogens with zero attached hydrogens (tertiary/aromatic N) is 1. The van der Waals surface area contributed by atoms with Crippen molar-refractivity contribution in [1.29, 1.82) is 0 Å². The predicted molar refractivity (Wildman–Crippen MR) is 101 cm³/mol. The SMILES string of the molecule is Cc1ccc(C[NH+](C)CN2C(=O)N[C@](C)(c3ccccc3)C2=O)c(C)c1. The van der Waals surface area contributed by atoms with Gasteiger partial charge in [-0.05, 0) is 31.9 Å². The molecule has 0 aromatic heterocycles. The number of hydrogen-bond donors (Lipinski definition) is 2. The summed E-state index contributed by atoms with van der Waals surface area (Å²) in [6, 6.07) is 15.4. The maximum absolute atomic E-state index is 13.0. The summed E-state index contributed by atoms with van der Waals surface area (Å²) in [5.74, 6) is -0.200. The number of carbonyl (C=O) groups excluding carboxylic acids is 2. The van der Waals surface area contributed by atoms with E-state index in [0.29, 0.717) is 6.67 Å². The maximum Gasteiger partial charge on any atom is 0.329 e. The Kier molecular flexibility index (Phi) is 4.83. The van der Waals surface area contributed by atoms with Crippen molar-refractivity contribution in [1.82, 2.24) is 10.2 Å². The Morgan fingerprint density at radius 1 is 1.08 bits per heavy atom. The number of quaternary nitrogens is 1. The minimum Gasteiger partial charge on any atom is -0.319 e. The second-order valence-electron chi connectivity index (χ2n) is 7.38. The molecule has 0 spiro atoms. The van der Waals surface area contributed by atoms with E-state index in [9.17, 15) is 9.59 Å². The Morgan fingerprint density at radius 3 is 2.42 bits per heavy atom. The van der Waals surface area contributed by atoms with Crippen molar-refractivity contribution < 1.29 is 14.5 Å². The van der Waals surface area contributed by atoms with Crippen LogP contribution in [-0.4, -0.2) is 30.6 Å². The van der Waals surface area contributed by atoms with E-state index in [1.807, 2.05) is 37.4 Å². The van der Waals surface area contributed by atoms with E-state index in [-0.39, 0.29) is 11.9 Å². The van der Waals surface area contributed by atoms with Crippen molar-refractivity contribution in [2.45, 2.75) is 32.9 Å². The Balaban J connectivity index is 1.73. The molecular weight excluding hydrogens is 326 g/mol. The van der Waals surface area contributed by atoms with E-state index < -0.39 is 5.54 Å². The summed E-state index contributed by atoms with van der Waals surface area (Å²) >= 11 is 0. The lowest BCUT2D eigenvalue weighted by Crippen LogP contribution is -3.09. The molecule has 5 nitrogen and oxygen atoms in total. The molecule has 2 aromatic rings. The van der Waals surface area contributed by atoms with Gasteiger partial charge in [0.15, 0.2) is 6.67 Å². The molecule has 26 heavy (non-hydrogen) atoms. The Labute approximate surface area is 154 Å². The third kappa shape index (κ3) is 3.35. The number of nitrogens with one attached hydrogen (secondary N) is 2. The maximum atomic E-state index is 13.0. The van der Waals surface area contributed by atoms with E-state index in [0.717, 1.165) is 17.0 Å². The van der Waals surface area contributed by atoms with Gasteiger partial charge >= 0.3 is 6.03 Å². The van der Waals surface area contributed by atoms with Crippen molar-refractivity contribution in [2.75, 3.05) is 13.7 Å². The first-order valence-electron chi connectivity index (χ1n) is 8.88. The summed E-state index contributed by atoms with van der Waals surface area (Å²) in [4.78, 5) is 27.8. The van der Waals surface area contributed by atoms with Gasteiger partial charge in [-0.1, -0.05) is 54.1 Å². The summed E-state index contributed by atoms with van der Waals surface area (Å²) in [7, 11) is 2.00. The molecule has 5 heteroatoms. The molecule has 2 N–H and O–H groups in total. The molecule has 2 atom stereocenters. The van der Waals surface area contributed by atoms with Crippen molar-refractivity contribution in [3.05, 3.63) is 70.8 Å². The van der Waals surface area contributed by atoms with Gasteiger partial charge in [0, 0.05) is 5.56 Å². The Bertz CT molecular complexity index is 834. The number of rotatable bonds is 5. The molecule has 3 amide bonds. The number of carbonyl (C=O) groups is 2. The van der Waals surface area contributed by atoms with Gasteiger partial charge in [-0.25, -0.2) is 9.69 Å². The molecule has 2 aromatic carbocycles. The molecule has 1 unspecified atom stereocenters. The van der Waals surface area contributed by atoms with Gasteiger partial charge < -0.3 is 10.2 Å². The van der Waals surface area contributed by atoms with Gasteiger partial charge in [0.2, 0.25) is 0 Å². The third-order valence-electron chi connectivity index (χ3n) is 5.04. The fourth-order valence-electron chi connectivity index (χ4n) is 3.50. The van der Waals surface area contributed by atoms with Gasteiger partial charge in [-0.3, -0.25) is 4.79 Å². The minimum absolute atomic E-state index is 0.200. The van der Waals surface area contributed by atoms with E-state index in [1.54, 1.807) is 6.92 Å². The molecule has 0 aliphatic carbocycles. The largest absolute Gasteiger partial charge is 0.329 e. The normalized spacial score (nSPS) is 21.0. The quantitative estimate of drug-likeness (QED) is 0.806. The van der Waals surface area contributed by atoms with Crippen LogP contribution in [0.2, 0.25) is 0 Å². The molecule has 0 radical (unpaired) electrons. The number of urea groups is 1. The zero-order chi connectivity index (χ0) is 18.9. The first kappa shape index (κ1) is 18.1. The average Bonchev–Trinajstić information content (AvgIpc) is 2.82. The van der Waals surface area contributed by atoms with Crippen LogP contribution in [0, 0.1) is 13.8 Å². The number of hydrogen-bond acceptors (Lipinski definition) is 2. The lowest BCUT2D eigenvalue weighted by Gasteiger charge is -2.23. The predicted octanol–water partition coefficient (Wildman–Crippen LogP) is 1.74. The van der Waals surface area contributed by atoms with Crippen molar-refractivity contribution in [3.63, 3.8) is 0 Å². The van der Waals surface area contributed by atoms with Gasteiger partial charge in [0.25, 0.3) is 5.91 Å². The van der Waals surface area contributed by atoms with Crippen LogP contribution < -0.4 is 10.2 Å². The van der Waals surface area contributed by atoms with Crippen molar-refractivity contribution in [3.8, 4) is 0 Å². The lowest BCUT2D eigenvalue weighted by molar-refractivity contribution is -0.901. The number of amides is 3. The third-order valence-corrected chi connectivity index (χ3v) is 5.04. The molecule has 0 bridgehead atoms. The summed E-state index contributed by atoms with van der Waals surface area (Å²) < 4.78 is 0. The van der Waals surface area contributed by atoms with E-state index in [2.05, 4.69) is 37.4 Å². The van der Waals surface area contributed by atoms with Gasteiger partial charge in [-0.15, -0.1) is 0 Å². The molecule has 1 aliphatic rings. The Hall–Kier alpha value is -2.66. The molecule has 1 saturated heterocycles. The fraction of sp³-hybridized carbons (Fsp3) is 0.333. The van der Waals surface area contributed by atoms with Gasteiger partial charge in [0.05, 0.1) is 7.05 Å². The lowest BCUT2D eigenvalue weighted by atomic mass is 9.92. The van der Waals surface area contributed by atoms with Crippen molar-refractivity contribution >= 4 is 11.9 Å². The van der Waals surface area contributed by atoms with Crippen LogP contribution in [0.25, 0.3) is 0 Å². The molecule has 3 rings (SSSR count). The van der Waals surface area contributed by atoms with Crippen LogP contribution in [-0.2, 0) is 16.9 Å². The highest BCUT2D eigenvalue weighted by atomic mass is 16.2. The van der Waals surface area contributed by atoms with Gasteiger partial charge in [-0.2, -0.15) is 0 Å². The smallest absolute Gasteiger partial charge is 0.319 e. The molecule has 1 aliphatic heterocycles. The first-order valence-corrected chi connectivity index (χ1v) is 8.88. The molecule has 0 saturated carbocycles. The van der Waals surface area contributed by atoms with E-state index >= 15 is 0 Å². The second kappa shape index (κ2) is 6.92. The number of aryl methyl sites for hydroxylation is 2. The van der Waals surface area contributed by atoms with Crippen LogP contribution in [0.3, 0.4) is 0 Å². The van der Waals surface area contributed by atoms with Gasteiger partial charge in [0.1, 0.15) is 12.1 Å². The highest BCUT2D eigenvalue weighted by Gasteiger charge is 2.49.